The highest BCUT2D eigenvalue weighted by molar-refractivity contribution is 5.89. The van der Waals surface area contributed by atoms with Crippen molar-refractivity contribution in [2.24, 2.45) is 0 Å². The molecule has 1 aliphatic carbocycles. The molecular formula is C17H22N6O. The lowest BCUT2D eigenvalue weighted by atomic mass is 9.96. The highest BCUT2D eigenvalue weighted by Crippen LogP contribution is 2.22. The molecule has 126 valence electrons. The molecule has 0 radical (unpaired) electrons. The van der Waals surface area contributed by atoms with Gasteiger partial charge in [0.1, 0.15) is 0 Å². The fourth-order valence-corrected chi connectivity index (χ4v) is 2.89. The molecule has 0 atom stereocenters. The lowest BCUT2D eigenvalue weighted by molar-refractivity contribution is -0.114. The van der Waals surface area contributed by atoms with Crippen molar-refractivity contribution >= 4 is 29.0 Å². The molecule has 3 rings (SSSR count). The number of benzene rings is 1. The molecule has 3 N–H and O–H groups in total. The summed E-state index contributed by atoms with van der Waals surface area (Å²) in [4.78, 5) is 15.6. The fourth-order valence-electron chi connectivity index (χ4n) is 2.89. The van der Waals surface area contributed by atoms with Crippen LogP contribution in [0.1, 0.15) is 39.0 Å². The number of nitrogens with zero attached hydrogens (tertiary/aromatic N) is 3. The number of nitrogens with one attached hydrogen (secondary N) is 3. The molecule has 1 saturated carbocycles. The van der Waals surface area contributed by atoms with Crippen molar-refractivity contribution in [1.29, 1.82) is 0 Å². The van der Waals surface area contributed by atoms with Crippen molar-refractivity contribution in [3.8, 4) is 0 Å². The summed E-state index contributed by atoms with van der Waals surface area (Å²) >= 11 is 0. The largest absolute Gasteiger partial charge is 0.366 e. The van der Waals surface area contributed by atoms with Crippen LogP contribution in [0.25, 0.3) is 0 Å². The summed E-state index contributed by atoms with van der Waals surface area (Å²) < 4.78 is 0. The number of anilines is 4. The van der Waals surface area contributed by atoms with Gasteiger partial charge in [0.15, 0.2) is 5.82 Å². The summed E-state index contributed by atoms with van der Waals surface area (Å²) in [6, 6.07) is 7.85. The van der Waals surface area contributed by atoms with Crippen molar-refractivity contribution in [3.05, 3.63) is 30.5 Å². The van der Waals surface area contributed by atoms with Crippen molar-refractivity contribution in [1.82, 2.24) is 15.2 Å². The minimum atomic E-state index is -0.108. The van der Waals surface area contributed by atoms with Crippen molar-refractivity contribution in [3.63, 3.8) is 0 Å². The molecule has 7 nitrogen and oxygen atoms in total. The second-order valence-electron chi connectivity index (χ2n) is 6.03. The number of carbonyl (C=O) groups excluding carboxylic acids is 1. The third kappa shape index (κ3) is 4.65. The van der Waals surface area contributed by atoms with E-state index in [4.69, 9.17) is 0 Å². The van der Waals surface area contributed by atoms with E-state index in [1.807, 2.05) is 24.3 Å². The zero-order chi connectivity index (χ0) is 16.8. The standard InChI is InChI=1S/C17H22N6O/c1-12(24)19-14-8-5-9-15(10-14)21-17-22-16(11-18-23-17)20-13-6-3-2-4-7-13/h5,8-11,13H,2-4,6-7H2,1H3,(H,19,24)(H2,20,21,22,23). The Morgan fingerprint density at radius 3 is 2.75 bits per heavy atom. The molecule has 1 aromatic heterocycles. The molecule has 24 heavy (non-hydrogen) atoms. The molecule has 1 fully saturated rings. The van der Waals surface area contributed by atoms with Crippen LogP contribution in [-0.2, 0) is 4.79 Å². The zero-order valence-electron chi connectivity index (χ0n) is 13.7. The second-order valence-corrected chi connectivity index (χ2v) is 6.03. The molecule has 1 amide bonds. The molecule has 2 aromatic rings. The molecule has 0 spiro atoms. The van der Waals surface area contributed by atoms with Crippen LogP contribution in [-0.4, -0.2) is 27.1 Å². The van der Waals surface area contributed by atoms with Gasteiger partial charge in [0.2, 0.25) is 11.9 Å². The third-order valence-electron chi connectivity index (χ3n) is 3.96. The Labute approximate surface area is 141 Å². The summed E-state index contributed by atoms with van der Waals surface area (Å²) in [5.41, 5.74) is 1.51. The summed E-state index contributed by atoms with van der Waals surface area (Å²) in [6.45, 7) is 1.48. The van der Waals surface area contributed by atoms with E-state index in [-0.39, 0.29) is 5.91 Å². The van der Waals surface area contributed by atoms with Crippen molar-refractivity contribution in [2.75, 3.05) is 16.0 Å². The van der Waals surface area contributed by atoms with E-state index >= 15 is 0 Å². The Bertz CT molecular complexity index is 699. The molecule has 1 heterocycles. The summed E-state index contributed by atoms with van der Waals surface area (Å²) in [5.74, 6) is 1.05. The van der Waals surface area contributed by atoms with Gasteiger partial charge in [-0.25, -0.2) is 0 Å². The van der Waals surface area contributed by atoms with Crippen LogP contribution in [0.2, 0.25) is 0 Å². The van der Waals surface area contributed by atoms with E-state index in [2.05, 4.69) is 31.1 Å². The average molecular weight is 326 g/mol. The number of hydrogen-bond acceptors (Lipinski definition) is 6. The third-order valence-corrected chi connectivity index (χ3v) is 3.96. The lowest BCUT2D eigenvalue weighted by Gasteiger charge is -2.23. The normalized spacial score (nSPS) is 14.9. The molecular weight excluding hydrogens is 304 g/mol. The number of carbonyl (C=O) groups is 1. The smallest absolute Gasteiger partial charge is 0.249 e. The Morgan fingerprint density at radius 1 is 1.17 bits per heavy atom. The minimum Gasteiger partial charge on any atom is -0.366 e. The van der Waals surface area contributed by atoms with Gasteiger partial charge in [-0.1, -0.05) is 25.3 Å². The molecule has 0 saturated heterocycles. The Kier molecular flexibility index (Phi) is 5.20. The highest BCUT2D eigenvalue weighted by Gasteiger charge is 2.14. The van der Waals surface area contributed by atoms with Crippen LogP contribution in [0.4, 0.5) is 23.1 Å². The van der Waals surface area contributed by atoms with Gasteiger partial charge in [0.05, 0.1) is 6.20 Å². The molecule has 0 bridgehead atoms. The van der Waals surface area contributed by atoms with E-state index in [0.29, 0.717) is 12.0 Å². The van der Waals surface area contributed by atoms with E-state index < -0.39 is 0 Å². The first kappa shape index (κ1) is 16.2. The topological polar surface area (TPSA) is 91.8 Å². The Morgan fingerprint density at radius 2 is 1.96 bits per heavy atom. The van der Waals surface area contributed by atoms with Crippen LogP contribution >= 0.6 is 0 Å². The monoisotopic (exact) mass is 326 g/mol. The Balaban J connectivity index is 1.66. The van der Waals surface area contributed by atoms with Gasteiger partial charge in [-0.05, 0) is 31.0 Å². The van der Waals surface area contributed by atoms with Crippen LogP contribution in [0.3, 0.4) is 0 Å². The van der Waals surface area contributed by atoms with Gasteiger partial charge in [0.25, 0.3) is 0 Å². The SMILES string of the molecule is CC(=O)Nc1cccc(Nc2nncc(NC3CCCCC3)n2)c1. The first-order valence-electron chi connectivity index (χ1n) is 8.30. The van der Waals surface area contributed by atoms with Gasteiger partial charge >= 0.3 is 0 Å². The van der Waals surface area contributed by atoms with E-state index in [0.717, 1.165) is 17.2 Å². The number of rotatable bonds is 5. The van der Waals surface area contributed by atoms with Gasteiger partial charge in [-0.15, -0.1) is 5.10 Å². The quantitative estimate of drug-likeness (QED) is 0.780. The summed E-state index contributed by atoms with van der Waals surface area (Å²) in [7, 11) is 0. The molecule has 0 unspecified atom stereocenters. The number of aromatic nitrogens is 3. The van der Waals surface area contributed by atoms with Crippen LogP contribution in [0, 0.1) is 0 Å². The molecule has 7 heteroatoms. The van der Waals surface area contributed by atoms with Gasteiger partial charge in [-0.3, -0.25) is 4.79 Å². The number of amides is 1. The molecule has 1 aliphatic rings. The maximum absolute atomic E-state index is 11.1. The van der Waals surface area contributed by atoms with Gasteiger partial charge in [-0.2, -0.15) is 10.1 Å². The van der Waals surface area contributed by atoms with Crippen molar-refractivity contribution in [2.45, 2.75) is 45.1 Å². The first-order chi connectivity index (χ1) is 11.7. The van der Waals surface area contributed by atoms with Gasteiger partial charge < -0.3 is 16.0 Å². The van der Waals surface area contributed by atoms with E-state index in [1.165, 1.54) is 39.0 Å². The summed E-state index contributed by atoms with van der Waals surface area (Å²) in [6.07, 6.45) is 7.83. The average Bonchev–Trinajstić information content (AvgIpc) is 2.56. The van der Waals surface area contributed by atoms with E-state index in [1.54, 1.807) is 6.20 Å². The zero-order valence-corrected chi connectivity index (χ0v) is 13.7. The van der Waals surface area contributed by atoms with Crippen LogP contribution in [0.15, 0.2) is 30.5 Å². The fraction of sp³-hybridized carbons (Fsp3) is 0.412. The van der Waals surface area contributed by atoms with Crippen LogP contribution in [0.5, 0.6) is 0 Å². The molecule has 1 aromatic carbocycles. The lowest BCUT2D eigenvalue weighted by Crippen LogP contribution is -2.23. The number of hydrogen-bond donors (Lipinski definition) is 3. The van der Waals surface area contributed by atoms with Crippen LogP contribution < -0.4 is 16.0 Å². The predicted molar refractivity (Wildman–Crippen MR) is 94.4 cm³/mol. The maximum Gasteiger partial charge on any atom is 0.249 e. The summed E-state index contributed by atoms with van der Waals surface area (Å²) in [5, 5.41) is 17.3. The minimum absolute atomic E-state index is 0.108. The van der Waals surface area contributed by atoms with Crippen molar-refractivity contribution < 1.29 is 4.79 Å². The van der Waals surface area contributed by atoms with E-state index in [9.17, 15) is 4.79 Å². The second kappa shape index (κ2) is 7.72. The Hall–Kier alpha value is -2.70. The molecule has 0 aliphatic heterocycles. The first-order valence-corrected chi connectivity index (χ1v) is 8.30. The van der Waals surface area contributed by atoms with Gasteiger partial charge in [0, 0.05) is 24.3 Å². The maximum atomic E-state index is 11.1. The predicted octanol–water partition coefficient (Wildman–Crippen LogP) is 3.32. The highest BCUT2D eigenvalue weighted by atomic mass is 16.1.